The van der Waals surface area contributed by atoms with Gasteiger partial charge in [-0.1, -0.05) is 26.8 Å². The van der Waals surface area contributed by atoms with Crippen LogP contribution in [0.2, 0.25) is 0 Å². The molecule has 0 radical (unpaired) electrons. The van der Waals surface area contributed by atoms with Gasteiger partial charge in [0, 0.05) is 11.4 Å². The Morgan fingerprint density at radius 3 is 2.80 bits per heavy atom. The van der Waals surface area contributed by atoms with E-state index in [1.54, 1.807) is 11.3 Å². The lowest BCUT2D eigenvalue weighted by Crippen LogP contribution is -2.35. The zero-order valence-electron chi connectivity index (χ0n) is 12.6. The molecule has 1 aromatic rings. The predicted molar refractivity (Wildman–Crippen MR) is 82.5 cm³/mol. The Morgan fingerprint density at radius 2 is 2.25 bits per heavy atom. The van der Waals surface area contributed by atoms with Crippen molar-refractivity contribution in [2.45, 2.75) is 52.2 Å². The summed E-state index contributed by atoms with van der Waals surface area (Å²) >= 11 is 1.74. The molecule has 2 aliphatic rings. The maximum absolute atomic E-state index is 12.7. The maximum atomic E-state index is 12.7. The van der Waals surface area contributed by atoms with Gasteiger partial charge in [-0.25, -0.2) is 0 Å². The molecule has 0 aromatic carbocycles. The van der Waals surface area contributed by atoms with E-state index in [2.05, 4.69) is 48.5 Å². The van der Waals surface area contributed by atoms with E-state index in [4.69, 9.17) is 0 Å². The normalized spacial score (nSPS) is 28.4. The molecule has 1 saturated carbocycles. The number of nitrogens with one attached hydrogen (secondary N) is 1. The van der Waals surface area contributed by atoms with E-state index in [-0.39, 0.29) is 12.2 Å². The number of rotatable bonds is 5. The Bertz CT molecular complexity index is 479. The quantitative estimate of drug-likeness (QED) is 0.902. The Morgan fingerprint density at radius 1 is 1.50 bits per heavy atom. The summed E-state index contributed by atoms with van der Waals surface area (Å²) in [6.07, 6.45) is 3.52. The molecule has 1 amide bonds. The van der Waals surface area contributed by atoms with Crippen LogP contribution in [0.1, 0.15) is 51.1 Å². The Balaban J connectivity index is 1.80. The molecule has 0 spiro atoms. The van der Waals surface area contributed by atoms with Crippen molar-refractivity contribution in [2.75, 3.05) is 6.54 Å². The molecule has 1 aliphatic carbocycles. The molecule has 2 heterocycles. The van der Waals surface area contributed by atoms with Crippen LogP contribution in [0.15, 0.2) is 17.5 Å². The second-order valence-electron chi connectivity index (χ2n) is 7.04. The van der Waals surface area contributed by atoms with Gasteiger partial charge in [-0.2, -0.15) is 0 Å². The number of hydrogen-bond donors (Lipinski definition) is 1. The number of amides is 1. The Kier molecular flexibility index (Phi) is 3.63. The van der Waals surface area contributed by atoms with E-state index < -0.39 is 0 Å². The van der Waals surface area contributed by atoms with E-state index in [0.29, 0.717) is 17.2 Å². The predicted octanol–water partition coefficient (Wildman–Crippen LogP) is 3.39. The SMILES string of the molecule is CC(C)CC1NC(c2cccs2)N(CC2(C)CC2)C1=O. The van der Waals surface area contributed by atoms with E-state index >= 15 is 0 Å². The van der Waals surface area contributed by atoms with Crippen LogP contribution in [-0.4, -0.2) is 23.4 Å². The molecule has 1 aromatic heterocycles. The minimum Gasteiger partial charge on any atom is -0.320 e. The molecule has 2 atom stereocenters. The molecule has 1 aliphatic heterocycles. The lowest BCUT2D eigenvalue weighted by Gasteiger charge is -2.26. The van der Waals surface area contributed by atoms with Crippen LogP contribution in [0.5, 0.6) is 0 Å². The van der Waals surface area contributed by atoms with Crippen LogP contribution in [0.3, 0.4) is 0 Å². The molecule has 2 fully saturated rings. The lowest BCUT2D eigenvalue weighted by atomic mass is 10.0. The van der Waals surface area contributed by atoms with Crippen molar-refractivity contribution >= 4 is 17.2 Å². The molecule has 0 bridgehead atoms. The van der Waals surface area contributed by atoms with Gasteiger partial charge in [-0.3, -0.25) is 10.1 Å². The third-order valence-corrected chi connectivity index (χ3v) is 5.35. The van der Waals surface area contributed by atoms with Gasteiger partial charge in [-0.15, -0.1) is 11.3 Å². The van der Waals surface area contributed by atoms with Crippen LogP contribution in [0, 0.1) is 11.3 Å². The highest BCUT2D eigenvalue weighted by atomic mass is 32.1. The highest BCUT2D eigenvalue weighted by molar-refractivity contribution is 7.10. The number of nitrogens with zero attached hydrogens (tertiary/aromatic N) is 1. The van der Waals surface area contributed by atoms with Crippen LogP contribution in [0.4, 0.5) is 0 Å². The fourth-order valence-corrected chi connectivity index (χ4v) is 3.75. The van der Waals surface area contributed by atoms with Crippen LogP contribution < -0.4 is 5.32 Å². The fourth-order valence-electron chi connectivity index (χ4n) is 2.95. The average molecular weight is 292 g/mol. The van der Waals surface area contributed by atoms with Gasteiger partial charge in [0.25, 0.3) is 0 Å². The minimum absolute atomic E-state index is 0.00977. The smallest absolute Gasteiger partial charge is 0.241 e. The van der Waals surface area contributed by atoms with Crippen molar-refractivity contribution in [1.82, 2.24) is 10.2 Å². The van der Waals surface area contributed by atoms with E-state index in [1.165, 1.54) is 17.7 Å². The fraction of sp³-hybridized carbons (Fsp3) is 0.688. The summed E-state index contributed by atoms with van der Waals surface area (Å²) in [5.41, 5.74) is 0.361. The summed E-state index contributed by atoms with van der Waals surface area (Å²) in [5.74, 6) is 0.835. The van der Waals surface area contributed by atoms with Gasteiger partial charge in [0.15, 0.2) is 0 Å². The van der Waals surface area contributed by atoms with Crippen molar-refractivity contribution in [3.8, 4) is 0 Å². The molecule has 110 valence electrons. The number of hydrogen-bond acceptors (Lipinski definition) is 3. The summed E-state index contributed by atoms with van der Waals surface area (Å²) in [6, 6.07) is 4.19. The van der Waals surface area contributed by atoms with E-state index in [9.17, 15) is 4.79 Å². The van der Waals surface area contributed by atoms with E-state index in [0.717, 1.165) is 13.0 Å². The van der Waals surface area contributed by atoms with Crippen molar-refractivity contribution < 1.29 is 4.79 Å². The van der Waals surface area contributed by atoms with Crippen LogP contribution in [0.25, 0.3) is 0 Å². The summed E-state index contributed by atoms with van der Waals surface area (Å²) < 4.78 is 0. The summed E-state index contributed by atoms with van der Waals surface area (Å²) in [5, 5.41) is 5.65. The number of thiophene rings is 1. The van der Waals surface area contributed by atoms with Crippen molar-refractivity contribution in [3.05, 3.63) is 22.4 Å². The third kappa shape index (κ3) is 2.77. The first-order valence-corrected chi connectivity index (χ1v) is 8.46. The first kappa shape index (κ1) is 14.1. The summed E-state index contributed by atoms with van der Waals surface area (Å²) in [7, 11) is 0. The van der Waals surface area contributed by atoms with Gasteiger partial charge in [-0.05, 0) is 42.0 Å². The van der Waals surface area contributed by atoms with Gasteiger partial charge in [0.2, 0.25) is 5.91 Å². The maximum Gasteiger partial charge on any atom is 0.241 e. The lowest BCUT2D eigenvalue weighted by molar-refractivity contribution is -0.131. The second kappa shape index (κ2) is 5.15. The molecule has 20 heavy (non-hydrogen) atoms. The number of carbonyl (C=O) groups is 1. The third-order valence-electron chi connectivity index (χ3n) is 4.43. The standard InChI is InChI=1S/C16H24N2OS/c1-11(2)9-12-15(19)18(10-16(3)6-7-16)14(17-12)13-5-4-8-20-13/h4-5,8,11-12,14,17H,6-7,9-10H2,1-3H3. The molecule has 1 N–H and O–H groups in total. The highest BCUT2D eigenvalue weighted by Gasteiger charge is 2.46. The van der Waals surface area contributed by atoms with Crippen molar-refractivity contribution in [1.29, 1.82) is 0 Å². The van der Waals surface area contributed by atoms with Crippen molar-refractivity contribution in [3.63, 3.8) is 0 Å². The topological polar surface area (TPSA) is 32.3 Å². The molecular formula is C16H24N2OS. The highest BCUT2D eigenvalue weighted by Crippen LogP contribution is 2.47. The molecule has 1 saturated heterocycles. The van der Waals surface area contributed by atoms with Gasteiger partial charge < -0.3 is 4.90 Å². The second-order valence-corrected chi connectivity index (χ2v) is 8.02. The molecule has 2 unspecified atom stereocenters. The first-order chi connectivity index (χ1) is 9.48. The minimum atomic E-state index is -0.00977. The number of carbonyl (C=O) groups excluding carboxylic acids is 1. The van der Waals surface area contributed by atoms with Crippen molar-refractivity contribution in [2.24, 2.45) is 11.3 Å². The molecule has 3 nitrogen and oxygen atoms in total. The largest absolute Gasteiger partial charge is 0.320 e. The zero-order chi connectivity index (χ0) is 14.3. The van der Waals surface area contributed by atoms with E-state index in [1.807, 2.05) is 0 Å². The average Bonchev–Trinajstić information content (AvgIpc) is 2.80. The monoisotopic (exact) mass is 292 g/mol. The van der Waals surface area contributed by atoms with Crippen LogP contribution >= 0.6 is 11.3 Å². The van der Waals surface area contributed by atoms with Crippen LogP contribution in [-0.2, 0) is 4.79 Å². The van der Waals surface area contributed by atoms with Gasteiger partial charge in [0.1, 0.15) is 6.17 Å². The molecule has 3 rings (SSSR count). The Hall–Kier alpha value is -0.870. The summed E-state index contributed by atoms with van der Waals surface area (Å²) in [4.78, 5) is 16.1. The zero-order valence-corrected chi connectivity index (χ0v) is 13.4. The molecular weight excluding hydrogens is 268 g/mol. The molecule has 4 heteroatoms. The van der Waals surface area contributed by atoms with Gasteiger partial charge >= 0.3 is 0 Å². The first-order valence-electron chi connectivity index (χ1n) is 7.58. The van der Waals surface area contributed by atoms with Gasteiger partial charge in [0.05, 0.1) is 6.04 Å². The summed E-state index contributed by atoms with van der Waals surface area (Å²) in [6.45, 7) is 7.55. The Labute approximate surface area is 125 Å².